The number of carbonyl (C=O) groups excluding carboxylic acids is 1. The van der Waals surface area contributed by atoms with E-state index in [0.29, 0.717) is 6.61 Å². The lowest BCUT2D eigenvalue weighted by Gasteiger charge is -2.36. The van der Waals surface area contributed by atoms with E-state index in [1.807, 2.05) is 48.5 Å². The van der Waals surface area contributed by atoms with Gasteiger partial charge in [0.05, 0.1) is 12.6 Å². The van der Waals surface area contributed by atoms with E-state index in [1.165, 1.54) is 5.56 Å². The van der Waals surface area contributed by atoms with Gasteiger partial charge in [-0.1, -0.05) is 60.7 Å². The third-order valence-electron chi connectivity index (χ3n) is 3.81. The molecule has 3 rings (SSSR count). The van der Waals surface area contributed by atoms with Gasteiger partial charge in [0.25, 0.3) is 5.91 Å². The molecule has 1 aliphatic rings. The number of benzene rings is 2. The Morgan fingerprint density at radius 2 is 1.52 bits per heavy atom. The van der Waals surface area contributed by atoms with Crippen LogP contribution in [-0.4, -0.2) is 18.1 Å². The summed E-state index contributed by atoms with van der Waals surface area (Å²) >= 11 is 0. The van der Waals surface area contributed by atoms with Crippen molar-refractivity contribution in [3.8, 4) is 0 Å². The summed E-state index contributed by atoms with van der Waals surface area (Å²) in [6.45, 7) is 0.487. The summed E-state index contributed by atoms with van der Waals surface area (Å²) in [7, 11) is 0. The Morgan fingerprint density at radius 1 is 0.905 bits per heavy atom. The number of hydrogen-bond donors (Lipinski definition) is 1. The highest BCUT2D eigenvalue weighted by molar-refractivity contribution is 5.88. The molecule has 0 bridgehead atoms. The maximum absolute atomic E-state index is 11.6. The Bertz CT molecular complexity index is 583. The van der Waals surface area contributed by atoms with Crippen LogP contribution in [0, 0.1) is 0 Å². The van der Waals surface area contributed by atoms with Gasteiger partial charge >= 0.3 is 0 Å². The second kappa shape index (κ2) is 6.55. The van der Waals surface area contributed by atoms with Crippen LogP contribution in [0.25, 0.3) is 0 Å². The number of nitrogens with one attached hydrogen (secondary N) is 1. The van der Waals surface area contributed by atoms with Crippen molar-refractivity contribution in [2.45, 2.75) is 31.6 Å². The third-order valence-corrected chi connectivity index (χ3v) is 3.81. The molecular formula is C18H19NO2. The zero-order valence-corrected chi connectivity index (χ0v) is 11.9. The molecule has 0 unspecified atom stereocenters. The molecule has 0 saturated carbocycles. The zero-order valence-electron chi connectivity index (χ0n) is 11.9. The second-order valence-corrected chi connectivity index (χ2v) is 5.36. The molecule has 2 atom stereocenters. The van der Waals surface area contributed by atoms with Crippen LogP contribution in [0.2, 0.25) is 0 Å². The number of ether oxygens (including phenoxy) is 1. The number of rotatable bonds is 6. The largest absolute Gasteiger partial charge is 0.362 e. The molecule has 2 aromatic carbocycles. The molecule has 0 radical (unpaired) electrons. The molecule has 1 saturated heterocycles. The van der Waals surface area contributed by atoms with Gasteiger partial charge in [0.1, 0.15) is 0 Å². The first kappa shape index (κ1) is 13.8. The molecule has 1 N–H and O–H groups in total. The van der Waals surface area contributed by atoms with Crippen molar-refractivity contribution in [2.75, 3.05) is 0 Å². The first-order valence-corrected chi connectivity index (χ1v) is 7.33. The Balaban J connectivity index is 1.49. The fourth-order valence-electron chi connectivity index (χ4n) is 2.57. The summed E-state index contributed by atoms with van der Waals surface area (Å²) in [5, 5.41) is 2.94. The smallest absolute Gasteiger partial charge is 0.251 e. The fourth-order valence-corrected chi connectivity index (χ4v) is 2.57. The topological polar surface area (TPSA) is 38.3 Å². The Labute approximate surface area is 124 Å². The van der Waals surface area contributed by atoms with Crippen LogP contribution in [0.15, 0.2) is 60.7 Å². The predicted octanol–water partition coefficient (Wildman–Crippen LogP) is 2.70. The third kappa shape index (κ3) is 3.50. The Kier molecular flexibility index (Phi) is 4.31. The van der Waals surface area contributed by atoms with Crippen molar-refractivity contribution in [1.82, 2.24) is 5.32 Å². The van der Waals surface area contributed by atoms with Crippen LogP contribution in [0.3, 0.4) is 0 Å². The SMILES string of the molecule is O=C1N[C@H](CCc2ccccc2)[C@@H]1OCc1ccccc1. The molecule has 3 nitrogen and oxygen atoms in total. The highest BCUT2D eigenvalue weighted by Crippen LogP contribution is 2.18. The second-order valence-electron chi connectivity index (χ2n) is 5.36. The molecule has 1 aliphatic heterocycles. The molecule has 0 spiro atoms. The molecule has 21 heavy (non-hydrogen) atoms. The van der Waals surface area contributed by atoms with Crippen LogP contribution in [0.1, 0.15) is 17.5 Å². The maximum atomic E-state index is 11.6. The van der Waals surface area contributed by atoms with E-state index in [-0.39, 0.29) is 18.1 Å². The van der Waals surface area contributed by atoms with Crippen molar-refractivity contribution in [3.63, 3.8) is 0 Å². The van der Waals surface area contributed by atoms with Crippen LogP contribution in [-0.2, 0) is 22.6 Å². The standard InChI is InChI=1S/C18H19NO2/c20-18-17(21-13-15-9-5-2-6-10-15)16(19-18)12-11-14-7-3-1-4-8-14/h1-10,16-17H,11-13H2,(H,19,20)/t16-,17+/m1/s1. The average Bonchev–Trinajstić information content (AvgIpc) is 2.53. The molecule has 108 valence electrons. The van der Waals surface area contributed by atoms with Crippen LogP contribution in [0.4, 0.5) is 0 Å². The molecule has 0 aromatic heterocycles. The van der Waals surface area contributed by atoms with Gasteiger partial charge in [0, 0.05) is 0 Å². The summed E-state index contributed by atoms with van der Waals surface area (Å²) in [6, 6.07) is 20.4. The van der Waals surface area contributed by atoms with E-state index in [0.717, 1.165) is 18.4 Å². The molecule has 1 fully saturated rings. The highest BCUT2D eigenvalue weighted by Gasteiger charge is 2.39. The number of amides is 1. The van der Waals surface area contributed by atoms with E-state index in [4.69, 9.17) is 4.74 Å². The van der Waals surface area contributed by atoms with E-state index < -0.39 is 0 Å². The number of aryl methyl sites for hydroxylation is 1. The van der Waals surface area contributed by atoms with E-state index >= 15 is 0 Å². The number of hydrogen-bond acceptors (Lipinski definition) is 2. The van der Waals surface area contributed by atoms with Crippen molar-refractivity contribution < 1.29 is 9.53 Å². The molecule has 0 aliphatic carbocycles. The fraction of sp³-hybridized carbons (Fsp3) is 0.278. The van der Waals surface area contributed by atoms with Crippen LogP contribution >= 0.6 is 0 Å². The lowest BCUT2D eigenvalue weighted by Crippen LogP contribution is -2.63. The minimum Gasteiger partial charge on any atom is -0.362 e. The van der Waals surface area contributed by atoms with Gasteiger partial charge in [0.2, 0.25) is 0 Å². The van der Waals surface area contributed by atoms with Gasteiger partial charge in [-0.2, -0.15) is 0 Å². The van der Waals surface area contributed by atoms with E-state index in [1.54, 1.807) is 0 Å². The minimum absolute atomic E-state index is 0.00370. The van der Waals surface area contributed by atoms with Crippen LogP contribution in [0.5, 0.6) is 0 Å². The maximum Gasteiger partial charge on any atom is 0.251 e. The minimum atomic E-state index is -0.311. The van der Waals surface area contributed by atoms with Gasteiger partial charge in [0.15, 0.2) is 6.10 Å². The van der Waals surface area contributed by atoms with Crippen molar-refractivity contribution in [1.29, 1.82) is 0 Å². The first-order chi connectivity index (χ1) is 10.3. The summed E-state index contributed by atoms with van der Waals surface area (Å²) in [5.74, 6) is 0.00370. The van der Waals surface area contributed by atoms with Crippen molar-refractivity contribution >= 4 is 5.91 Å². The molecule has 3 heteroatoms. The van der Waals surface area contributed by atoms with Gasteiger partial charge in [-0.15, -0.1) is 0 Å². The number of β-lactam (4-membered cyclic amide) rings is 1. The Hall–Kier alpha value is -2.13. The lowest BCUT2D eigenvalue weighted by atomic mass is 9.94. The van der Waals surface area contributed by atoms with Crippen molar-refractivity contribution in [2.24, 2.45) is 0 Å². The average molecular weight is 281 g/mol. The highest BCUT2D eigenvalue weighted by atomic mass is 16.5. The molecule has 1 heterocycles. The van der Waals surface area contributed by atoms with E-state index in [2.05, 4.69) is 17.4 Å². The zero-order chi connectivity index (χ0) is 14.5. The number of carbonyl (C=O) groups is 1. The Morgan fingerprint density at radius 3 is 2.14 bits per heavy atom. The summed E-state index contributed by atoms with van der Waals surface area (Å²) in [6.07, 6.45) is 1.56. The predicted molar refractivity (Wildman–Crippen MR) is 81.7 cm³/mol. The molecular weight excluding hydrogens is 262 g/mol. The molecule has 1 amide bonds. The van der Waals surface area contributed by atoms with Crippen LogP contribution < -0.4 is 5.32 Å². The monoisotopic (exact) mass is 281 g/mol. The van der Waals surface area contributed by atoms with Gasteiger partial charge in [-0.05, 0) is 24.0 Å². The molecule has 2 aromatic rings. The van der Waals surface area contributed by atoms with Crippen molar-refractivity contribution in [3.05, 3.63) is 71.8 Å². The first-order valence-electron chi connectivity index (χ1n) is 7.33. The van der Waals surface area contributed by atoms with Gasteiger partial charge in [-0.3, -0.25) is 4.79 Å². The normalized spacial score (nSPS) is 20.7. The van der Waals surface area contributed by atoms with Gasteiger partial charge < -0.3 is 10.1 Å². The quantitative estimate of drug-likeness (QED) is 0.827. The van der Waals surface area contributed by atoms with Gasteiger partial charge in [-0.25, -0.2) is 0 Å². The van der Waals surface area contributed by atoms with E-state index in [9.17, 15) is 4.79 Å². The summed E-state index contributed by atoms with van der Waals surface area (Å²) in [4.78, 5) is 11.6. The lowest BCUT2D eigenvalue weighted by molar-refractivity contribution is -0.149. The summed E-state index contributed by atoms with van der Waals surface area (Å²) in [5.41, 5.74) is 2.39. The summed E-state index contributed by atoms with van der Waals surface area (Å²) < 4.78 is 5.77.